The molecule has 2 amide bonds. The Balaban J connectivity index is 0.000000658. The van der Waals surface area contributed by atoms with Crippen LogP contribution < -0.4 is 5.32 Å². The van der Waals surface area contributed by atoms with Crippen molar-refractivity contribution in [2.24, 2.45) is 0 Å². The second-order valence-corrected chi connectivity index (χ2v) is 10.5. The molecule has 1 aliphatic rings. The number of carboxylic acids is 2. The van der Waals surface area contributed by atoms with Gasteiger partial charge in [-0.05, 0) is 58.3 Å². The predicted octanol–water partition coefficient (Wildman–Crippen LogP) is 2.47. The third kappa shape index (κ3) is 12.9. The van der Waals surface area contributed by atoms with Crippen molar-refractivity contribution in [3.05, 3.63) is 42.5 Å². The monoisotopic (exact) mass is 511 g/mol. The second-order valence-electron chi connectivity index (χ2n) is 8.42. The Morgan fingerprint density at radius 3 is 2.11 bits per heavy atom. The molecular weight excluding hydrogens is 474 g/mol. The van der Waals surface area contributed by atoms with Gasteiger partial charge in [-0.2, -0.15) is 0 Å². The highest BCUT2D eigenvalue weighted by Gasteiger charge is 2.19. The van der Waals surface area contributed by atoms with E-state index in [0.29, 0.717) is 36.6 Å². The van der Waals surface area contributed by atoms with Crippen LogP contribution in [-0.2, 0) is 19.4 Å². The number of hydrogen-bond acceptors (Lipinski definition) is 6. The Morgan fingerprint density at radius 1 is 1.03 bits per heavy atom. The summed E-state index contributed by atoms with van der Waals surface area (Å²) < 4.78 is 24.8. The quantitative estimate of drug-likeness (QED) is 0.384. The van der Waals surface area contributed by atoms with E-state index < -0.39 is 21.8 Å². The van der Waals surface area contributed by atoms with Gasteiger partial charge in [0.25, 0.3) is 0 Å². The van der Waals surface area contributed by atoms with E-state index in [2.05, 4.69) is 10.2 Å². The van der Waals surface area contributed by atoms with E-state index in [4.69, 9.17) is 10.2 Å². The summed E-state index contributed by atoms with van der Waals surface area (Å²) in [5.41, 5.74) is 0. The van der Waals surface area contributed by atoms with Crippen LogP contribution in [0.1, 0.15) is 39.5 Å². The molecule has 0 saturated carbocycles. The smallest absolute Gasteiger partial charge is 0.328 e. The molecule has 1 saturated heterocycles. The van der Waals surface area contributed by atoms with Gasteiger partial charge in [0, 0.05) is 37.8 Å². The molecule has 3 N–H and O–H groups in total. The fraction of sp³-hybridized carbons (Fsp3) is 0.542. The SMILES string of the molecule is CC(C)N(CCCS(=O)(=O)c1ccccc1)C(=O)NCCN1CCCCC1.O=C(O)/C=C\C(=O)O. The minimum absolute atomic E-state index is 0.0272. The first-order valence-corrected chi connectivity index (χ1v) is 13.4. The third-order valence-electron chi connectivity index (χ3n) is 5.32. The second kappa shape index (κ2) is 15.9. The van der Waals surface area contributed by atoms with Gasteiger partial charge in [0.1, 0.15) is 0 Å². The zero-order chi connectivity index (χ0) is 26.3. The van der Waals surface area contributed by atoms with Gasteiger partial charge in [-0.1, -0.05) is 24.6 Å². The highest BCUT2D eigenvalue weighted by Crippen LogP contribution is 2.12. The minimum Gasteiger partial charge on any atom is -0.478 e. The van der Waals surface area contributed by atoms with Gasteiger partial charge in [-0.25, -0.2) is 22.8 Å². The number of nitrogens with zero attached hydrogens (tertiary/aromatic N) is 2. The van der Waals surface area contributed by atoms with Crippen molar-refractivity contribution in [3.63, 3.8) is 0 Å². The number of amides is 2. The first-order valence-electron chi connectivity index (χ1n) is 11.7. The van der Waals surface area contributed by atoms with E-state index in [1.807, 2.05) is 13.8 Å². The number of piperidine rings is 1. The van der Waals surface area contributed by atoms with Gasteiger partial charge in [0.15, 0.2) is 9.84 Å². The molecule has 35 heavy (non-hydrogen) atoms. The summed E-state index contributed by atoms with van der Waals surface area (Å²) in [4.78, 5) is 36.0. The summed E-state index contributed by atoms with van der Waals surface area (Å²) in [5.74, 6) is -2.47. The average Bonchev–Trinajstić information content (AvgIpc) is 2.82. The lowest BCUT2D eigenvalue weighted by Gasteiger charge is -2.29. The van der Waals surface area contributed by atoms with E-state index in [1.165, 1.54) is 19.3 Å². The molecule has 0 bridgehead atoms. The molecule has 196 valence electrons. The molecule has 1 aromatic carbocycles. The fourth-order valence-electron chi connectivity index (χ4n) is 3.51. The molecule has 1 fully saturated rings. The average molecular weight is 512 g/mol. The van der Waals surface area contributed by atoms with E-state index in [1.54, 1.807) is 35.2 Å². The van der Waals surface area contributed by atoms with Gasteiger partial charge in [-0.15, -0.1) is 0 Å². The molecule has 1 aliphatic heterocycles. The van der Waals surface area contributed by atoms with E-state index >= 15 is 0 Å². The van der Waals surface area contributed by atoms with Crippen LogP contribution >= 0.6 is 0 Å². The van der Waals surface area contributed by atoms with Crippen LogP contribution in [0.25, 0.3) is 0 Å². The topological polar surface area (TPSA) is 144 Å². The van der Waals surface area contributed by atoms with Crippen molar-refractivity contribution in [2.75, 3.05) is 38.5 Å². The summed E-state index contributed by atoms with van der Waals surface area (Å²) in [7, 11) is -3.30. The van der Waals surface area contributed by atoms with Crippen LogP contribution in [0.5, 0.6) is 0 Å². The number of carbonyl (C=O) groups excluding carboxylic acids is 1. The Morgan fingerprint density at radius 2 is 1.60 bits per heavy atom. The molecule has 0 unspecified atom stereocenters. The predicted molar refractivity (Wildman–Crippen MR) is 133 cm³/mol. The van der Waals surface area contributed by atoms with Gasteiger partial charge >= 0.3 is 18.0 Å². The molecule has 2 rings (SSSR count). The zero-order valence-electron chi connectivity index (χ0n) is 20.4. The summed E-state index contributed by atoms with van der Waals surface area (Å²) in [5, 5.41) is 18.6. The molecule has 1 aromatic rings. The van der Waals surface area contributed by atoms with Crippen LogP contribution in [0.2, 0.25) is 0 Å². The number of urea groups is 1. The van der Waals surface area contributed by atoms with E-state index in [-0.39, 0.29) is 17.8 Å². The number of nitrogens with one attached hydrogen (secondary N) is 1. The highest BCUT2D eigenvalue weighted by molar-refractivity contribution is 7.91. The Kier molecular flexibility index (Phi) is 13.7. The molecule has 0 aromatic heterocycles. The van der Waals surface area contributed by atoms with E-state index in [0.717, 1.165) is 19.6 Å². The van der Waals surface area contributed by atoms with Crippen molar-refractivity contribution >= 4 is 27.8 Å². The van der Waals surface area contributed by atoms with Gasteiger partial charge in [0.05, 0.1) is 10.6 Å². The first kappa shape index (κ1) is 30.1. The van der Waals surface area contributed by atoms with Gasteiger partial charge in [-0.3, -0.25) is 0 Å². The molecule has 0 atom stereocenters. The highest BCUT2D eigenvalue weighted by atomic mass is 32.2. The van der Waals surface area contributed by atoms with Crippen molar-refractivity contribution in [1.82, 2.24) is 15.1 Å². The van der Waals surface area contributed by atoms with Crippen molar-refractivity contribution in [1.29, 1.82) is 0 Å². The first-order chi connectivity index (χ1) is 16.5. The van der Waals surface area contributed by atoms with Gasteiger partial charge < -0.3 is 25.3 Å². The molecule has 10 nitrogen and oxygen atoms in total. The van der Waals surface area contributed by atoms with Crippen LogP contribution in [0.15, 0.2) is 47.4 Å². The normalized spacial score (nSPS) is 14.3. The summed E-state index contributed by atoms with van der Waals surface area (Å²) in [6.45, 7) is 8.07. The largest absolute Gasteiger partial charge is 0.478 e. The number of hydrogen-bond donors (Lipinski definition) is 3. The Hall–Kier alpha value is -2.92. The van der Waals surface area contributed by atoms with Crippen molar-refractivity contribution in [2.45, 2.75) is 50.5 Å². The number of aliphatic carboxylic acids is 2. The van der Waals surface area contributed by atoms with Crippen molar-refractivity contribution in [3.8, 4) is 0 Å². The maximum atomic E-state index is 12.5. The molecule has 11 heteroatoms. The molecule has 1 heterocycles. The molecular formula is C24H37N3O7S. The fourth-order valence-corrected chi connectivity index (χ4v) is 4.83. The van der Waals surface area contributed by atoms with Gasteiger partial charge in [0.2, 0.25) is 0 Å². The number of likely N-dealkylation sites (tertiary alicyclic amines) is 1. The lowest BCUT2D eigenvalue weighted by molar-refractivity contribution is -0.134. The standard InChI is InChI=1S/C20H33N3O3S.C4H4O4/c1-18(2)23(20(24)21-12-16-22-13-7-4-8-14-22)15-9-17-27(25,26)19-10-5-3-6-11-19;5-3(6)1-2-4(7)8/h3,5-6,10-11,18H,4,7-9,12-17H2,1-2H3,(H,21,24);1-2H,(H,5,6)(H,7,8)/b;2-1-. The summed E-state index contributed by atoms with van der Waals surface area (Å²) >= 11 is 0. The maximum absolute atomic E-state index is 12.5. The van der Waals surface area contributed by atoms with Crippen molar-refractivity contribution < 1.29 is 33.0 Å². The number of carbonyl (C=O) groups is 3. The zero-order valence-corrected chi connectivity index (χ0v) is 21.2. The number of carboxylic acid groups (broad SMARTS) is 2. The minimum atomic E-state index is -3.30. The number of rotatable bonds is 11. The van der Waals surface area contributed by atoms with Crippen LogP contribution in [0.4, 0.5) is 4.79 Å². The lowest BCUT2D eigenvalue weighted by Crippen LogP contribution is -2.47. The summed E-state index contributed by atoms with van der Waals surface area (Å²) in [6, 6.07) is 8.39. The molecule has 0 aliphatic carbocycles. The molecule has 0 spiro atoms. The number of sulfone groups is 1. The lowest BCUT2D eigenvalue weighted by atomic mass is 10.1. The van der Waals surface area contributed by atoms with E-state index in [9.17, 15) is 22.8 Å². The van der Waals surface area contributed by atoms with Crippen LogP contribution in [-0.4, -0.2) is 90.9 Å². The Labute approximate surface area is 207 Å². The van der Waals surface area contributed by atoms with Crippen LogP contribution in [0, 0.1) is 0 Å². The Bertz CT molecular complexity index is 912. The summed E-state index contributed by atoms with van der Waals surface area (Å²) in [6.07, 6.45) is 5.32. The maximum Gasteiger partial charge on any atom is 0.328 e. The third-order valence-corrected chi connectivity index (χ3v) is 7.14. The number of benzene rings is 1. The molecule has 0 radical (unpaired) electrons. The van der Waals surface area contributed by atoms with Crippen LogP contribution in [0.3, 0.4) is 0 Å².